The van der Waals surface area contributed by atoms with Gasteiger partial charge in [-0.3, -0.25) is 9.59 Å². The van der Waals surface area contributed by atoms with Crippen LogP contribution in [-0.4, -0.2) is 18.4 Å². The standard InChI is InChI=1S/C25H19ClN2O3/c26-19-10-12-20(13-11-19)27-25(30)18-8-14-21(15-9-18)31-16-24(29)28-23-7-3-5-17-4-1-2-6-22(17)23/h1-15H,16H2,(H,27,30)(H,28,29). The number of ether oxygens (including phenoxy) is 1. The van der Waals surface area contributed by atoms with Crippen LogP contribution in [0.3, 0.4) is 0 Å². The fraction of sp³-hybridized carbons (Fsp3) is 0.0400. The smallest absolute Gasteiger partial charge is 0.262 e. The van der Waals surface area contributed by atoms with Crippen molar-refractivity contribution in [3.8, 4) is 5.75 Å². The second-order valence-corrected chi connectivity index (χ2v) is 7.29. The number of hydrogen-bond acceptors (Lipinski definition) is 3. The maximum absolute atomic E-state index is 12.3. The van der Waals surface area contributed by atoms with E-state index in [1.54, 1.807) is 48.5 Å². The predicted molar refractivity (Wildman–Crippen MR) is 124 cm³/mol. The fourth-order valence-corrected chi connectivity index (χ4v) is 3.23. The van der Waals surface area contributed by atoms with E-state index in [2.05, 4.69) is 10.6 Å². The highest BCUT2D eigenvalue weighted by Crippen LogP contribution is 2.23. The van der Waals surface area contributed by atoms with E-state index in [-0.39, 0.29) is 18.4 Å². The van der Waals surface area contributed by atoms with Crippen LogP contribution in [0.15, 0.2) is 91.0 Å². The molecule has 4 rings (SSSR count). The largest absolute Gasteiger partial charge is 0.484 e. The molecule has 0 bridgehead atoms. The summed E-state index contributed by atoms with van der Waals surface area (Å²) in [6, 6.07) is 27.0. The Balaban J connectivity index is 1.33. The number of amides is 2. The highest BCUT2D eigenvalue weighted by molar-refractivity contribution is 6.30. The van der Waals surface area contributed by atoms with Gasteiger partial charge in [0.1, 0.15) is 5.75 Å². The van der Waals surface area contributed by atoms with Crippen molar-refractivity contribution in [1.82, 2.24) is 0 Å². The zero-order valence-electron chi connectivity index (χ0n) is 16.5. The third-order valence-corrected chi connectivity index (χ3v) is 4.90. The zero-order valence-corrected chi connectivity index (χ0v) is 17.2. The van der Waals surface area contributed by atoms with Crippen LogP contribution in [0, 0.1) is 0 Å². The number of fused-ring (bicyclic) bond motifs is 1. The van der Waals surface area contributed by atoms with Crippen molar-refractivity contribution in [3.05, 3.63) is 102 Å². The van der Waals surface area contributed by atoms with Crippen LogP contribution in [0.5, 0.6) is 5.75 Å². The third kappa shape index (κ3) is 5.21. The molecule has 0 aliphatic carbocycles. The first-order chi connectivity index (χ1) is 15.1. The Kier molecular flexibility index (Phi) is 6.15. The maximum Gasteiger partial charge on any atom is 0.262 e. The maximum atomic E-state index is 12.3. The molecule has 0 atom stereocenters. The Bertz CT molecular complexity index is 1220. The molecule has 0 aliphatic rings. The summed E-state index contributed by atoms with van der Waals surface area (Å²) in [5, 5.41) is 8.29. The van der Waals surface area contributed by atoms with E-state index in [9.17, 15) is 9.59 Å². The van der Waals surface area contributed by atoms with Gasteiger partial charge in [-0.15, -0.1) is 0 Å². The van der Waals surface area contributed by atoms with E-state index in [1.165, 1.54) is 0 Å². The molecular weight excluding hydrogens is 412 g/mol. The van der Waals surface area contributed by atoms with Crippen molar-refractivity contribution in [3.63, 3.8) is 0 Å². The molecule has 0 aliphatic heterocycles. The van der Waals surface area contributed by atoms with Crippen LogP contribution in [0.2, 0.25) is 5.02 Å². The van der Waals surface area contributed by atoms with Crippen molar-refractivity contribution in [2.45, 2.75) is 0 Å². The first kappa shape index (κ1) is 20.4. The SMILES string of the molecule is O=C(COc1ccc(C(=O)Nc2ccc(Cl)cc2)cc1)Nc1cccc2ccccc12. The minimum absolute atomic E-state index is 0.139. The second kappa shape index (κ2) is 9.32. The number of rotatable bonds is 6. The molecule has 0 unspecified atom stereocenters. The van der Waals surface area contributed by atoms with Gasteiger partial charge in [0.25, 0.3) is 11.8 Å². The van der Waals surface area contributed by atoms with Crippen molar-refractivity contribution < 1.29 is 14.3 Å². The van der Waals surface area contributed by atoms with Crippen molar-refractivity contribution in [1.29, 1.82) is 0 Å². The lowest BCUT2D eigenvalue weighted by atomic mass is 10.1. The Morgan fingerprint density at radius 1 is 0.774 bits per heavy atom. The fourth-order valence-electron chi connectivity index (χ4n) is 3.11. The summed E-state index contributed by atoms with van der Waals surface area (Å²) < 4.78 is 5.56. The number of anilines is 2. The van der Waals surface area contributed by atoms with Gasteiger partial charge in [-0.05, 0) is 60.0 Å². The monoisotopic (exact) mass is 430 g/mol. The van der Waals surface area contributed by atoms with Gasteiger partial charge in [0.2, 0.25) is 0 Å². The molecule has 6 heteroatoms. The van der Waals surface area contributed by atoms with Crippen LogP contribution >= 0.6 is 11.6 Å². The molecule has 0 saturated carbocycles. The molecule has 2 N–H and O–H groups in total. The minimum Gasteiger partial charge on any atom is -0.484 e. The molecule has 0 aromatic heterocycles. The summed E-state index contributed by atoms with van der Waals surface area (Å²) in [5.41, 5.74) is 1.86. The van der Waals surface area contributed by atoms with E-state index < -0.39 is 0 Å². The molecule has 31 heavy (non-hydrogen) atoms. The Morgan fingerprint density at radius 3 is 2.26 bits per heavy atom. The van der Waals surface area contributed by atoms with Gasteiger partial charge < -0.3 is 15.4 Å². The van der Waals surface area contributed by atoms with Crippen LogP contribution in [0.25, 0.3) is 10.8 Å². The summed E-state index contributed by atoms with van der Waals surface area (Å²) in [7, 11) is 0. The van der Waals surface area contributed by atoms with Gasteiger partial charge in [-0.2, -0.15) is 0 Å². The molecule has 0 fully saturated rings. The number of hydrogen-bond donors (Lipinski definition) is 2. The molecule has 4 aromatic rings. The molecule has 2 amide bonds. The first-order valence-electron chi connectivity index (χ1n) is 9.66. The van der Waals surface area contributed by atoms with Gasteiger partial charge in [-0.1, -0.05) is 48.0 Å². The molecular formula is C25H19ClN2O3. The van der Waals surface area contributed by atoms with Crippen molar-refractivity contribution in [2.75, 3.05) is 17.2 Å². The van der Waals surface area contributed by atoms with Crippen LogP contribution < -0.4 is 15.4 Å². The lowest BCUT2D eigenvalue weighted by Gasteiger charge is -2.10. The summed E-state index contributed by atoms with van der Waals surface area (Å²) in [6.07, 6.45) is 0. The number of nitrogens with one attached hydrogen (secondary N) is 2. The van der Waals surface area contributed by atoms with Crippen molar-refractivity contribution in [2.24, 2.45) is 0 Å². The van der Waals surface area contributed by atoms with Gasteiger partial charge in [0.15, 0.2) is 6.61 Å². The average Bonchev–Trinajstić information content (AvgIpc) is 2.80. The van der Waals surface area contributed by atoms with Crippen LogP contribution in [-0.2, 0) is 4.79 Å². The number of halogens is 1. The van der Waals surface area contributed by atoms with E-state index in [4.69, 9.17) is 16.3 Å². The van der Waals surface area contributed by atoms with Crippen LogP contribution in [0.1, 0.15) is 10.4 Å². The molecule has 5 nitrogen and oxygen atoms in total. The van der Waals surface area contributed by atoms with Gasteiger partial charge >= 0.3 is 0 Å². The van der Waals surface area contributed by atoms with E-state index in [0.29, 0.717) is 22.0 Å². The summed E-state index contributed by atoms with van der Waals surface area (Å²) in [4.78, 5) is 24.7. The molecule has 154 valence electrons. The average molecular weight is 431 g/mol. The zero-order chi connectivity index (χ0) is 21.6. The molecule has 0 spiro atoms. The highest BCUT2D eigenvalue weighted by atomic mass is 35.5. The predicted octanol–water partition coefficient (Wildman–Crippen LogP) is 5.76. The quantitative estimate of drug-likeness (QED) is 0.408. The second-order valence-electron chi connectivity index (χ2n) is 6.85. The number of benzene rings is 4. The van der Waals surface area contributed by atoms with Crippen LogP contribution in [0.4, 0.5) is 11.4 Å². The van der Waals surface area contributed by atoms with E-state index in [0.717, 1.165) is 16.5 Å². The molecule has 0 heterocycles. The topological polar surface area (TPSA) is 67.4 Å². The first-order valence-corrected chi connectivity index (χ1v) is 10.0. The third-order valence-electron chi connectivity index (χ3n) is 4.65. The summed E-state index contributed by atoms with van der Waals surface area (Å²) >= 11 is 5.85. The van der Waals surface area contributed by atoms with Crippen molar-refractivity contribution >= 4 is 45.6 Å². The molecule has 0 radical (unpaired) electrons. The normalized spacial score (nSPS) is 10.5. The minimum atomic E-state index is -0.263. The Labute approximate surface area is 184 Å². The molecule has 0 saturated heterocycles. The lowest BCUT2D eigenvalue weighted by Crippen LogP contribution is -2.20. The van der Waals surface area contributed by atoms with Gasteiger partial charge in [-0.25, -0.2) is 0 Å². The lowest BCUT2D eigenvalue weighted by molar-refractivity contribution is -0.118. The Hall–Kier alpha value is -3.83. The Morgan fingerprint density at radius 2 is 1.48 bits per heavy atom. The highest BCUT2D eigenvalue weighted by Gasteiger charge is 2.09. The molecule has 4 aromatic carbocycles. The van der Waals surface area contributed by atoms with E-state index >= 15 is 0 Å². The number of carbonyl (C=O) groups excluding carboxylic acids is 2. The van der Waals surface area contributed by atoms with Gasteiger partial charge in [0.05, 0.1) is 0 Å². The van der Waals surface area contributed by atoms with E-state index in [1.807, 2.05) is 42.5 Å². The van der Waals surface area contributed by atoms with Gasteiger partial charge in [0, 0.05) is 27.3 Å². The number of carbonyl (C=O) groups is 2. The summed E-state index contributed by atoms with van der Waals surface area (Å²) in [6.45, 7) is -0.139. The summed E-state index contributed by atoms with van der Waals surface area (Å²) in [5.74, 6) is -0.0143.